The van der Waals surface area contributed by atoms with Gasteiger partial charge in [0.15, 0.2) is 0 Å². The summed E-state index contributed by atoms with van der Waals surface area (Å²) in [5, 5.41) is 0. The fourth-order valence-corrected chi connectivity index (χ4v) is 4.44. The molecule has 5 nitrogen and oxygen atoms in total. The van der Waals surface area contributed by atoms with Crippen LogP contribution >= 0.6 is 0 Å². The first-order valence-corrected chi connectivity index (χ1v) is 12.0. The van der Waals surface area contributed by atoms with E-state index in [2.05, 4.69) is 77.7 Å². The zero-order valence-corrected chi connectivity index (χ0v) is 20.2. The summed E-state index contributed by atoms with van der Waals surface area (Å²) >= 11 is 0. The molecule has 170 valence electrons. The van der Waals surface area contributed by atoms with E-state index in [1.54, 1.807) is 0 Å². The van der Waals surface area contributed by atoms with Crippen molar-refractivity contribution in [2.75, 3.05) is 40.3 Å². The number of piperazine rings is 1. The van der Waals surface area contributed by atoms with E-state index < -0.39 is 0 Å². The van der Waals surface area contributed by atoms with E-state index in [1.807, 2.05) is 7.05 Å². The number of likely N-dealkylation sites (N-methyl/N-ethyl adjacent to an activating group) is 1. The largest absolute Gasteiger partial charge is 0.368 e. The lowest BCUT2D eigenvalue weighted by Crippen LogP contribution is -2.44. The molecular formula is C27H37N5. The molecule has 0 atom stereocenters. The van der Waals surface area contributed by atoms with Gasteiger partial charge in [0.25, 0.3) is 0 Å². The molecule has 32 heavy (non-hydrogen) atoms. The third-order valence-electron chi connectivity index (χ3n) is 6.83. The number of rotatable bonds is 6. The van der Waals surface area contributed by atoms with Crippen LogP contribution < -0.4 is 0 Å². The Balaban J connectivity index is 1.64. The van der Waals surface area contributed by atoms with Crippen LogP contribution in [0.4, 0.5) is 0 Å². The number of allylic oxidation sites excluding steroid dienone is 6. The number of nitrogens with zero attached hydrogens (tertiary/aromatic N) is 5. The molecule has 4 aliphatic rings. The molecule has 3 heterocycles. The lowest BCUT2D eigenvalue weighted by molar-refractivity contribution is 0.188. The van der Waals surface area contributed by atoms with E-state index in [4.69, 9.17) is 4.99 Å². The van der Waals surface area contributed by atoms with E-state index in [0.29, 0.717) is 0 Å². The summed E-state index contributed by atoms with van der Waals surface area (Å²) in [5.41, 5.74) is 8.31. The Morgan fingerprint density at radius 3 is 2.56 bits per heavy atom. The molecular weight excluding hydrogens is 394 g/mol. The van der Waals surface area contributed by atoms with E-state index in [-0.39, 0.29) is 0 Å². The number of aliphatic imine (C=N–C) groups is 2. The van der Waals surface area contributed by atoms with Crippen LogP contribution in [0.3, 0.4) is 0 Å². The van der Waals surface area contributed by atoms with Crippen molar-refractivity contribution >= 4 is 11.5 Å². The van der Waals surface area contributed by atoms with Crippen LogP contribution in [0.2, 0.25) is 0 Å². The predicted molar refractivity (Wildman–Crippen MR) is 136 cm³/mol. The number of hydrogen-bond acceptors (Lipinski definition) is 5. The van der Waals surface area contributed by atoms with Crippen LogP contribution in [0.15, 0.2) is 80.9 Å². The highest BCUT2D eigenvalue weighted by Gasteiger charge is 2.28. The first-order chi connectivity index (χ1) is 15.5. The first-order valence-electron chi connectivity index (χ1n) is 12.0. The lowest BCUT2D eigenvalue weighted by Gasteiger charge is -2.38. The minimum absolute atomic E-state index is 0.923. The van der Waals surface area contributed by atoms with Crippen molar-refractivity contribution in [3.8, 4) is 0 Å². The Bertz CT molecular complexity index is 972. The fraction of sp³-hybridized carbons (Fsp3) is 0.481. The Kier molecular flexibility index (Phi) is 6.95. The topological polar surface area (TPSA) is 34.4 Å². The molecule has 2 fully saturated rings. The summed E-state index contributed by atoms with van der Waals surface area (Å²) in [6, 6.07) is 0. The average Bonchev–Trinajstić information content (AvgIpc) is 2.76. The summed E-state index contributed by atoms with van der Waals surface area (Å²) < 4.78 is 0. The van der Waals surface area contributed by atoms with Crippen LogP contribution in [-0.4, -0.2) is 66.5 Å². The summed E-state index contributed by atoms with van der Waals surface area (Å²) in [7, 11) is 4.05. The van der Waals surface area contributed by atoms with Gasteiger partial charge in [0.05, 0.1) is 17.1 Å². The fourth-order valence-electron chi connectivity index (χ4n) is 4.44. The predicted octanol–water partition coefficient (Wildman–Crippen LogP) is 5.05. The van der Waals surface area contributed by atoms with Gasteiger partial charge in [0.2, 0.25) is 0 Å². The molecule has 0 aromatic carbocycles. The molecule has 0 unspecified atom stereocenters. The van der Waals surface area contributed by atoms with Gasteiger partial charge in [0.1, 0.15) is 5.84 Å². The van der Waals surface area contributed by atoms with Crippen molar-refractivity contribution in [1.82, 2.24) is 14.7 Å². The van der Waals surface area contributed by atoms with Crippen LogP contribution in [0.1, 0.15) is 46.0 Å². The molecule has 0 aromatic heterocycles. The second-order valence-corrected chi connectivity index (χ2v) is 9.18. The first kappa shape index (κ1) is 22.5. The average molecular weight is 432 g/mol. The molecule has 1 saturated heterocycles. The quantitative estimate of drug-likeness (QED) is 0.436. The van der Waals surface area contributed by atoms with Crippen molar-refractivity contribution in [2.45, 2.75) is 46.0 Å². The minimum atomic E-state index is 0.923. The Morgan fingerprint density at radius 2 is 1.94 bits per heavy atom. The van der Waals surface area contributed by atoms with Crippen LogP contribution in [0.5, 0.6) is 0 Å². The Hall–Kier alpha value is -2.66. The Morgan fingerprint density at radius 1 is 1.19 bits per heavy atom. The summed E-state index contributed by atoms with van der Waals surface area (Å²) in [6.07, 6.45) is 16.8. The van der Waals surface area contributed by atoms with Crippen LogP contribution in [0, 0.1) is 0 Å². The van der Waals surface area contributed by atoms with Gasteiger partial charge in [0, 0.05) is 45.1 Å². The summed E-state index contributed by atoms with van der Waals surface area (Å²) in [4.78, 5) is 16.8. The zero-order valence-electron chi connectivity index (χ0n) is 20.2. The van der Waals surface area contributed by atoms with Crippen molar-refractivity contribution in [2.24, 2.45) is 9.98 Å². The molecule has 0 N–H and O–H groups in total. The van der Waals surface area contributed by atoms with E-state index in [1.165, 1.54) is 47.4 Å². The molecule has 0 amide bonds. The van der Waals surface area contributed by atoms with Gasteiger partial charge in [-0.3, -0.25) is 9.89 Å². The molecule has 0 radical (unpaired) electrons. The molecule has 1 saturated carbocycles. The highest BCUT2D eigenvalue weighted by molar-refractivity contribution is 6.12. The maximum Gasteiger partial charge on any atom is 0.137 e. The number of hydrogen-bond donors (Lipinski definition) is 0. The molecule has 5 heteroatoms. The SMILES string of the molecule is C=C(CCC)/C(C)=C/C(=NC)C1=CC(=C2CCC2)N2C=C(N3CCN(C)CC3)C=CC2=N1. The van der Waals surface area contributed by atoms with Gasteiger partial charge in [-0.1, -0.05) is 25.5 Å². The van der Waals surface area contributed by atoms with E-state index in [0.717, 1.165) is 56.3 Å². The lowest BCUT2D eigenvalue weighted by atomic mass is 9.89. The molecule has 0 bridgehead atoms. The summed E-state index contributed by atoms with van der Waals surface area (Å²) in [6.45, 7) is 12.9. The van der Waals surface area contributed by atoms with Crippen molar-refractivity contribution < 1.29 is 0 Å². The third-order valence-corrected chi connectivity index (χ3v) is 6.83. The molecule has 0 aromatic rings. The smallest absolute Gasteiger partial charge is 0.137 e. The number of fused-ring (bicyclic) bond motifs is 1. The van der Waals surface area contributed by atoms with E-state index >= 15 is 0 Å². The van der Waals surface area contributed by atoms with Gasteiger partial charge >= 0.3 is 0 Å². The number of amidine groups is 1. The van der Waals surface area contributed by atoms with Crippen molar-refractivity contribution in [3.63, 3.8) is 0 Å². The molecule has 4 rings (SSSR count). The Labute approximate surface area is 193 Å². The second kappa shape index (κ2) is 9.86. The maximum absolute atomic E-state index is 5.02. The van der Waals surface area contributed by atoms with Gasteiger partial charge in [-0.15, -0.1) is 0 Å². The van der Waals surface area contributed by atoms with Crippen LogP contribution in [0.25, 0.3) is 0 Å². The van der Waals surface area contributed by atoms with Crippen molar-refractivity contribution in [3.05, 3.63) is 70.9 Å². The normalized spacial score (nSPS) is 22.3. The summed E-state index contributed by atoms with van der Waals surface area (Å²) in [5.74, 6) is 0.981. The van der Waals surface area contributed by atoms with Crippen LogP contribution in [-0.2, 0) is 0 Å². The second-order valence-electron chi connectivity index (χ2n) is 9.18. The zero-order chi connectivity index (χ0) is 22.7. The maximum atomic E-state index is 5.02. The molecule has 3 aliphatic heterocycles. The van der Waals surface area contributed by atoms with Crippen molar-refractivity contribution in [1.29, 1.82) is 0 Å². The minimum Gasteiger partial charge on any atom is -0.368 e. The van der Waals surface area contributed by atoms with Gasteiger partial charge in [-0.05, 0) is 75.1 Å². The highest BCUT2D eigenvalue weighted by Crippen LogP contribution is 2.35. The monoisotopic (exact) mass is 431 g/mol. The van der Waals surface area contributed by atoms with E-state index in [9.17, 15) is 0 Å². The van der Waals surface area contributed by atoms with Gasteiger partial charge in [-0.2, -0.15) is 0 Å². The highest BCUT2D eigenvalue weighted by atomic mass is 15.3. The molecule has 1 aliphatic carbocycles. The van der Waals surface area contributed by atoms with Gasteiger partial charge < -0.3 is 9.80 Å². The van der Waals surface area contributed by atoms with Gasteiger partial charge in [-0.25, -0.2) is 4.99 Å². The standard InChI is InChI=1S/C27H37N5/c1-6-8-20(2)21(3)17-24(28-4)25-18-26(22-9-7-10-22)32-19-23(11-12-27(32)29-25)31-15-13-30(5)14-16-31/h11-12,17-19H,2,6-10,13-16H2,1,3-5H3/b21-17+,28-24?. The third kappa shape index (κ3) is 4.73. The molecule has 0 spiro atoms.